The molecular weight excluding hydrogens is 319 g/mol. The third-order valence-corrected chi connectivity index (χ3v) is 5.84. The molecule has 1 heterocycles. The van der Waals surface area contributed by atoms with Crippen LogP contribution in [0.5, 0.6) is 0 Å². The Morgan fingerprint density at radius 3 is 2.68 bits per heavy atom. The first kappa shape index (κ1) is 17.6. The van der Waals surface area contributed by atoms with Crippen LogP contribution < -0.4 is 5.32 Å². The SMILES string of the molecule is O=C(NCC12CCCC(CCC1)C2)c1ccnc(Cl)c1Cl.[CH2]. The molecule has 2 radical (unpaired) electrons. The molecular formula is C17H22Cl2N2O. The van der Waals surface area contributed by atoms with E-state index in [4.69, 9.17) is 23.2 Å². The minimum absolute atomic E-state index is 0. The van der Waals surface area contributed by atoms with Crippen molar-refractivity contribution in [2.24, 2.45) is 11.3 Å². The highest BCUT2D eigenvalue weighted by atomic mass is 35.5. The molecule has 3 nitrogen and oxygen atoms in total. The first-order valence-electron chi connectivity index (χ1n) is 7.68. The zero-order valence-corrected chi connectivity index (χ0v) is 14.2. The molecule has 2 bridgehead atoms. The Balaban J connectivity index is 0.00000176. The summed E-state index contributed by atoms with van der Waals surface area (Å²) >= 11 is 11.9. The van der Waals surface area contributed by atoms with E-state index in [1.807, 2.05) is 0 Å². The molecule has 1 amide bonds. The van der Waals surface area contributed by atoms with Gasteiger partial charge in [-0.1, -0.05) is 56.3 Å². The number of fused-ring (bicyclic) bond motifs is 2. The van der Waals surface area contributed by atoms with Crippen LogP contribution in [0.15, 0.2) is 12.3 Å². The number of carbonyl (C=O) groups is 1. The second kappa shape index (κ2) is 7.18. The van der Waals surface area contributed by atoms with Gasteiger partial charge in [0.1, 0.15) is 5.15 Å². The lowest BCUT2D eigenvalue weighted by Crippen LogP contribution is -2.43. The maximum atomic E-state index is 12.3. The van der Waals surface area contributed by atoms with E-state index in [1.165, 1.54) is 51.1 Å². The van der Waals surface area contributed by atoms with Crippen molar-refractivity contribution in [2.45, 2.75) is 44.9 Å². The van der Waals surface area contributed by atoms with Crippen LogP contribution in [0.3, 0.4) is 0 Å². The fourth-order valence-corrected chi connectivity index (χ4v) is 4.38. The first-order valence-corrected chi connectivity index (χ1v) is 8.43. The first-order chi connectivity index (χ1) is 10.1. The molecule has 1 N–H and O–H groups in total. The zero-order chi connectivity index (χ0) is 14.9. The highest BCUT2D eigenvalue weighted by Crippen LogP contribution is 2.48. The highest BCUT2D eigenvalue weighted by molar-refractivity contribution is 6.43. The van der Waals surface area contributed by atoms with Crippen LogP contribution >= 0.6 is 23.2 Å². The molecule has 0 aromatic carbocycles. The van der Waals surface area contributed by atoms with Gasteiger partial charge in [-0.3, -0.25) is 4.79 Å². The van der Waals surface area contributed by atoms with Crippen molar-refractivity contribution >= 4 is 29.1 Å². The van der Waals surface area contributed by atoms with E-state index in [0.717, 1.165) is 12.5 Å². The molecule has 5 heteroatoms. The molecule has 22 heavy (non-hydrogen) atoms. The molecule has 0 saturated heterocycles. The summed E-state index contributed by atoms with van der Waals surface area (Å²) < 4.78 is 0. The maximum absolute atomic E-state index is 12.3. The van der Waals surface area contributed by atoms with Crippen LogP contribution in [0, 0.1) is 18.8 Å². The second-order valence-corrected chi connectivity index (χ2v) is 7.24. The van der Waals surface area contributed by atoms with E-state index >= 15 is 0 Å². The van der Waals surface area contributed by atoms with Crippen LogP contribution in [0.2, 0.25) is 10.2 Å². The van der Waals surface area contributed by atoms with E-state index in [2.05, 4.69) is 10.3 Å². The molecule has 3 rings (SSSR count). The van der Waals surface area contributed by atoms with E-state index in [9.17, 15) is 4.79 Å². The summed E-state index contributed by atoms with van der Waals surface area (Å²) in [5.41, 5.74) is 0.719. The van der Waals surface area contributed by atoms with Crippen LogP contribution in [0.25, 0.3) is 0 Å². The van der Waals surface area contributed by atoms with Gasteiger partial charge in [0.2, 0.25) is 0 Å². The number of nitrogens with one attached hydrogen (secondary N) is 1. The predicted octanol–water partition coefficient (Wildman–Crippen LogP) is 4.81. The highest BCUT2D eigenvalue weighted by Gasteiger charge is 2.39. The van der Waals surface area contributed by atoms with Gasteiger partial charge in [0.05, 0.1) is 10.6 Å². The zero-order valence-electron chi connectivity index (χ0n) is 12.7. The van der Waals surface area contributed by atoms with Gasteiger partial charge < -0.3 is 5.32 Å². The Labute approximate surface area is 142 Å². The third-order valence-electron chi connectivity index (χ3n) is 5.08. The standard InChI is InChI=1S/C16H20Cl2N2O.CH2/c17-13-12(5-8-19-14(13)18)15(21)20-10-16-6-1-3-11(9-16)4-2-7-16;/h5,8,11H,1-4,6-7,9-10H2,(H,20,21);1H2. The van der Waals surface area contributed by atoms with E-state index < -0.39 is 0 Å². The van der Waals surface area contributed by atoms with Gasteiger partial charge in [-0.2, -0.15) is 0 Å². The summed E-state index contributed by atoms with van der Waals surface area (Å²) in [7, 11) is 0. The van der Waals surface area contributed by atoms with Gasteiger partial charge in [-0.25, -0.2) is 4.98 Å². The average molecular weight is 341 g/mol. The third kappa shape index (κ3) is 3.57. The predicted molar refractivity (Wildman–Crippen MR) is 90.2 cm³/mol. The summed E-state index contributed by atoms with van der Waals surface area (Å²) in [6, 6.07) is 1.62. The van der Waals surface area contributed by atoms with Gasteiger partial charge in [0, 0.05) is 12.7 Å². The van der Waals surface area contributed by atoms with Gasteiger partial charge >= 0.3 is 0 Å². The molecule has 0 unspecified atom stereocenters. The summed E-state index contributed by atoms with van der Waals surface area (Å²) in [5.74, 6) is 0.717. The fraction of sp³-hybridized carbons (Fsp3) is 0.588. The molecule has 1 aromatic rings. The Morgan fingerprint density at radius 1 is 1.32 bits per heavy atom. The van der Waals surface area contributed by atoms with Crippen LogP contribution in [0.4, 0.5) is 0 Å². The topological polar surface area (TPSA) is 42.0 Å². The minimum atomic E-state index is -0.147. The average Bonchev–Trinajstić information content (AvgIpc) is 2.48. The Morgan fingerprint density at radius 2 is 2.00 bits per heavy atom. The molecule has 0 atom stereocenters. The number of hydrogen-bond donors (Lipinski definition) is 1. The number of carbonyl (C=O) groups excluding carboxylic acids is 1. The van der Waals surface area contributed by atoms with Gasteiger partial charge in [0.15, 0.2) is 0 Å². The number of halogens is 2. The van der Waals surface area contributed by atoms with Crippen molar-refractivity contribution in [2.75, 3.05) is 6.54 Å². The molecule has 2 saturated carbocycles. The summed E-state index contributed by atoms with van der Waals surface area (Å²) in [6.07, 6.45) is 10.5. The Bertz CT molecular complexity index is 537. The number of nitrogens with zero attached hydrogens (tertiary/aromatic N) is 1. The lowest BCUT2D eigenvalue weighted by molar-refractivity contribution is 0.0682. The van der Waals surface area contributed by atoms with Crippen molar-refractivity contribution in [3.05, 3.63) is 35.4 Å². The normalized spacial score (nSPS) is 26.9. The minimum Gasteiger partial charge on any atom is -0.351 e. The maximum Gasteiger partial charge on any atom is 0.252 e. The van der Waals surface area contributed by atoms with E-state index in [1.54, 1.807) is 6.07 Å². The lowest BCUT2D eigenvalue weighted by atomic mass is 9.62. The molecule has 2 aliphatic carbocycles. The van der Waals surface area contributed by atoms with Gasteiger partial charge in [0.25, 0.3) is 5.91 Å². The largest absolute Gasteiger partial charge is 0.351 e. The number of aromatic nitrogens is 1. The van der Waals surface area contributed by atoms with Gasteiger partial charge in [-0.05, 0) is 36.7 Å². The van der Waals surface area contributed by atoms with Crippen molar-refractivity contribution in [3.8, 4) is 0 Å². The molecule has 2 aliphatic rings. The second-order valence-electron chi connectivity index (χ2n) is 6.50. The summed E-state index contributed by atoms with van der Waals surface area (Å²) in [5, 5.41) is 3.49. The van der Waals surface area contributed by atoms with Crippen LogP contribution in [-0.2, 0) is 0 Å². The number of rotatable bonds is 3. The summed E-state index contributed by atoms with van der Waals surface area (Å²) in [4.78, 5) is 16.2. The lowest BCUT2D eigenvalue weighted by Gasteiger charge is -2.45. The quantitative estimate of drug-likeness (QED) is 0.802. The van der Waals surface area contributed by atoms with Gasteiger partial charge in [-0.15, -0.1) is 0 Å². The van der Waals surface area contributed by atoms with Crippen LogP contribution in [0.1, 0.15) is 55.3 Å². The van der Waals surface area contributed by atoms with E-state index in [0.29, 0.717) is 11.0 Å². The Kier molecular flexibility index (Phi) is 5.73. The molecule has 120 valence electrons. The molecule has 1 aromatic heterocycles. The van der Waals surface area contributed by atoms with Crippen molar-refractivity contribution in [1.82, 2.24) is 10.3 Å². The van der Waals surface area contributed by atoms with Crippen LogP contribution in [-0.4, -0.2) is 17.4 Å². The molecule has 0 spiro atoms. The number of amides is 1. The van der Waals surface area contributed by atoms with Crippen molar-refractivity contribution in [1.29, 1.82) is 0 Å². The Hall–Kier alpha value is -0.800. The van der Waals surface area contributed by atoms with Crippen molar-refractivity contribution in [3.63, 3.8) is 0 Å². The smallest absolute Gasteiger partial charge is 0.252 e. The molecule has 2 fully saturated rings. The fourth-order valence-electron chi connectivity index (χ4n) is 4.03. The van der Waals surface area contributed by atoms with Crippen molar-refractivity contribution < 1.29 is 4.79 Å². The number of hydrogen-bond acceptors (Lipinski definition) is 2. The monoisotopic (exact) mass is 340 g/mol. The van der Waals surface area contributed by atoms with E-state index in [-0.39, 0.29) is 23.5 Å². The number of pyridine rings is 1. The molecule has 0 aliphatic heterocycles. The summed E-state index contributed by atoms with van der Waals surface area (Å²) in [6.45, 7) is 0.749.